The van der Waals surface area contributed by atoms with Crippen molar-refractivity contribution in [3.63, 3.8) is 0 Å². The van der Waals surface area contributed by atoms with Crippen LogP contribution in [0, 0.1) is 0 Å². The van der Waals surface area contributed by atoms with Crippen LogP contribution < -0.4 is 2.89 Å². The van der Waals surface area contributed by atoms with Crippen molar-refractivity contribution in [2.45, 2.75) is 78.9 Å². The molecule has 2 nitrogen and oxygen atoms in total. The van der Waals surface area contributed by atoms with Crippen LogP contribution in [0.15, 0.2) is 23.1 Å². The van der Waals surface area contributed by atoms with E-state index in [2.05, 4.69) is 42.8 Å². The van der Waals surface area contributed by atoms with E-state index in [1.54, 1.807) is 15.4 Å². The zero-order chi connectivity index (χ0) is 17.4. The van der Waals surface area contributed by atoms with Gasteiger partial charge in [-0.1, -0.05) is 0 Å². The molecule has 5 heteroatoms. The van der Waals surface area contributed by atoms with Crippen molar-refractivity contribution in [1.82, 2.24) is 0 Å². The summed E-state index contributed by atoms with van der Waals surface area (Å²) < 4.78 is 18.7. The monoisotopic (exact) mass is 522 g/mol. The molecule has 0 saturated heterocycles. The fourth-order valence-corrected chi connectivity index (χ4v) is 27.4. The first-order chi connectivity index (χ1) is 11.7. The van der Waals surface area contributed by atoms with Crippen molar-refractivity contribution < 1.29 is 9.47 Å². The molecule has 1 aromatic rings. The van der Waals surface area contributed by atoms with Crippen molar-refractivity contribution in [1.29, 1.82) is 0 Å². The van der Waals surface area contributed by atoms with Crippen LogP contribution in [-0.2, 0) is 9.47 Å². The van der Waals surface area contributed by atoms with E-state index in [0.717, 1.165) is 0 Å². The Hall–Kier alpha value is 0.319. The molecule has 1 aliphatic rings. The number of hydrogen-bond donors (Lipinski definition) is 0. The predicted octanol–water partition coefficient (Wildman–Crippen LogP) is 7.08. The molecule has 0 atom stereocenters. The summed E-state index contributed by atoms with van der Waals surface area (Å²) >= 11 is 3.50. The first-order valence-corrected chi connectivity index (χ1v) is 18.5. The summed E-state index contributed by atoms with van der Waals surface area (Å²) in [5, 5.41) is 0. The molecule has 24 heavy (non-hydrogen) atoms. The molecule has 0 aromatic carbocycles. The van der Waals surface area contributed by atoms with Gasteiger partial charge in [0.25, 0.3) is 0 Å². The summed E-state index contributed by atoms with van der Waals surface area (Å²) in [5.41, 5.74) is 0. The summed E-state index contributed by atoms with van der Waals surface area (Å²) in [6, 6.07) is 2.26. The fraction of sp³-hybridized carbons (Fsp3) is 0.684. The number of ether oxygens (including phenoxy) is 2. The predicted molar refractivity (Wildman–Crippen MR) is 111 cm³/mol. The van der Waals surface area contributed by atoms with E-state index in [9.17, 15) is 0 Å². The maximum absolute atomic E-state index is 5.57. The summed E-state index contributed by atoms with van der Waals surface area (Å²) in [4.78, 5) is 1.22. The van der Waals surface area contributed by atoms with Gasteiger partial charge in [-0.3, -0.25) is 0 Å². The molecular formula is C19H31BrO2SSn. The van der Waals surface area contributed by atoms with Gasteiger partial charge in [-0.15, -0.1) is 0 Å². The molecule has 0 spiro atoms. The average Bonchev–Trinajstić information content (AvgIpc) is 3.24. The third kappa shape index (κ3) is 5.16. The molecule has 136 valence electrons. The van der Waals surface area contributed by atoms with Crippen molar-refractivity contribution in [2.24, 2.45) is 0 Å². The van der Waals surface area contributed by atoms with E-state index >= 15 is 0 Å². The third-order valence-corrected chi connectivity index (χ3v) is 26.3. The van der Waals surface area contributed by atoms with Gasteiger partial charge in [-0.25, -0.2) is 0 Å². The molecule has 0 saturated carbocycles. The van der Waals surface area contributed by atoms with E-state index in [4.69, 9.17) is 9.47 Å². The van der Waals surface area contributed by atoms with Gasteiger partial charge >= 0.3 is 165 Å². The molecule has 0 fully saturated rings. The molecule has 0 unspecified atom stereocenters. The third-order valence-electron chi connectivity index (χ3n) is 4.91. The second kappa shape index (κ2) is 10.5. The zero-order valence-electron chi connectivity index (χ0n) is 15.3. The Morgan fingerprint density at radius 3 is 1.92 bits per heavy atom. The van der Waals surface area contributed by atoms with Crippen LogP contribution in [0.2, 0.25) is 13.3 Å². The van der Waals surface area contributed by atoms with Crippen LogP contribution in [-0.4, -0.2) is 18.4 Å². The van der Waals surface area contributed by atoms with Gasteiger partial charge in [0.2, 0.25) is 0 Å². The molecule has 2 rings (SSSR count). The van der Waals surface area contributed by atoms with Gasteiger partial charge in [0.1, 0.15) is 0 Å². The summed E-state index contributed by atoms with van der Waals surface area (Å²) in [6.07, 6.45) is 11.2. The second-order valence-corrected chi connectivity index (χ2v) is 22.8. The van der Waals surface area contributed by atoms with Crippen LogP contribution in [0.25, 0.3) is 0 Å². The first kappa shape index (κ1) is 20.6. The van der Waals surface area contributed by atoms with Crippen LogP contribution in [0.5, 0.6) is 0 Å². The quantitative estimate of drug-likeness (QED) is 0.289. The van der Waals surface area contributed by atoms with Crippen LogP contribution in [0.1, 0.15) is 70.5 Å². The SMILES string of the molecule is CCC[CH2][Sn]([CH2]CCC)([CH2]CCC)[c]1sc(C2OC=CO2)cc1Br. The van der Waals surface area contributed by atoms with Gasteiger partial charge in [0.15, 0.2) is 0 Å². The number of unbranched alkanes of at least 4 members (excludes halogenated alkanes) is 3. The molecular weight excluding hydrogens is 491 g/mol. The molecule has 0 radical (unpaired) electrons. The first-order valence-electron chi connectivity index (χ1n) is 9.42. The topological polar surface area (TPSA) is 18.5 Å². The van der Waals surface area contributed by atoms with E-state index in [-0.39, 0.29) is 6.29 Å². The Bertz CT molecular complexity index is 500. The fourth-order valence-electron chi connectivity index (χ4n) is 3.50. The van der Waals surface area contributed by atoms with Crippen molar-refractivity contribution in [3.05, 3.63) is 27.9 Å². The van der Waals surface area contributed by atoms with Gasteiger partial charge < -0.3 is 0 Å². The summed E-state index contributed by atoms with van der Waals surface area (Å²) in [5.74, 6) is 0. The standard InChI is InChI=1S/C7H4BrO2S.3C4H9.Sn/c8-5-3-6(11-4-5)7-9-1-2-10-7;3*1-3-4-2;/h1-3,7H;3*1,3-4H2,2H3;. The minimum atomic E-state index is -2.38. The van der Waals surface area contributed by atoms with Crippen molar-refractivity contribution >= 4 is 48.5 Å². The number of hydrogen-bond acceptors (Lipinski definition) is 3. The van der Waals surface area contributed by atoms with Gasteiger partial charge in [0.05, 0.1) is 0 Å². The minimum absolute atomic E-state index is 0.229. The van der Waals surface area contributed by atoms with Gasteiger partial charge in [-0.2, -0.15) is 0 Å². The number of rotatable bonds is 11. The second-order valence-electron chi connectivity index (χ2n) is 6.79. The van der Waals surface area contributed by atoms with E-state index in [1.165, 1.54) is 61.2 Å². The molecule has 0 N–H and O–H groups in total. The molecule has 1 aromatic heterocycles. The molecule has 0 amide bonds. The van der Waals surface area contributed by atoms with Crippen molar-refractivity contribution in [3.8, 4) is 0 Å². The summed E-state index contributed by atoms with van der Waals surface area (Å²) in [6.45, 7) is 6.99. The number of thiophene rings is 1. The van der Waals surface area contributed by atoms with E-state index < -0.39 is 18.4 Å². The van der Waals surface area contributed by atoms with E-state index in [1.807, 2.05) is 11.3 Å². The Balaban J connectivity index is 2.31. The van der Waals surface area contributed by atoms with Crippen LogP contribution in [0.3, 0.4) is 0 Å². The zero-order valence-corrected chi connectivity index (χ0v) is 20.5. The Kier molecular flexibility index (Phi) is 8.99. The van der Waals surface area contributed by atoms with Gasteiger partial charge in [-0.05, 0) is 0 Å². The molecule has 0 bridgehead atoms. The molecule has 2 heterocycles. The maximum atomic E-state index is 5.57. The Morgan fingerprint density at radius 2 is 1.46 bits per heavy atom. The Morgan fingerprint density at radius 1 is 0.958 bits per heavy atom. The normalized spacial score (nSPS) is 14.8. The molecule has 0 aliphatic carbocycles. The van der Waals surface area contributed by atoms with Crippen molar-refractivity contribution in [2.75, 3.05) is 0 Å². The molecule has 1 aliphatic heterocycles. The van der Waals surface area contributed by atoms with Gasteiger partial charge in [0, 0.05) is 0 Å². The van der Waals surface area contributed by atoms with Crippen LogP contribution >= 0.6 is 27.3 Å². The van der Waals surface area contributed by atoms with E-state index in [0.29, 0.717) is 0 Å². The Labute approximate surface area is 164 Å². The number of halogens is 1. The summed E-state index contributed by atoms with van der Waals surface area (Å²) in [7, 11) is 0. The average molecular weight is 522 g/mol. The van der Waals surface area contributed by atoms with Crippen LogP contribution in [0.4, 0.5) is 0 Å².